The van der Waals surface area contributed by atoms with Gasteiger partial charge in [0.1, 0.15) is 23.9 Å². The van der Waals surface area contributed by atoms with Gasteiger partial charge in [-0.05, 0) is 42.8 Å². The lowest BCUT2D eigenvalue weighted by molar-refractivity contribution is 0.0825. The zero-order valence-electron chi connectivity index (χ0n) is 20.8. The lowest BCUT2D eigenvalue weighted by atomic mass is 10.2. The quantitative estimate of drug-likeness (QED) is 0.388. The third kappa shape index (κ3) is 5.09. The number of halogens is 1. The van der Waals surface area contributed by atoms with Crippen molar-refractivity contribution in [2.75, 3.05) is 56.2 Å². The number of piperazine rings is 1. The molecule has 0 bridgehead atoms. The van der Waals surface area contributed by atoms with Crippen LogP contribution in [0.2, 0.25) is 0 Å². The first-order chi connectivity index (χ1) is 18.0. The number of aliphatic hydroxyl groups excluding tert-OH is 1. The fourth-order valence-corrected chi connectivity index (χ4v) is 5.28. The maximum Gasteiger partial charge on any atom is 0.409 e. The molecule has 0 unspecified atom stereocenters. The van der Waals surface area contributed by atoms with E-state index in [1.807, 2.05) is 18.5 Å². The highest BCUT2D eigenvalue weighted by molar-refractivity contribution is 7.14. The number of thiazole rings is 1. The van der Waals surface area contributed by atoms with Crippen LogP contribution in [-0.4, -0.2) is 76.9 Å². The molecule has 1 aliphatic rings. The van der Waals surface area contributed by atoms with E-state index in [2.05, 4.69) is 33.4 Å². The molecule has 3 aromatic heterocycles. The SMILES string of the molecule is CCc1nc2ccc(N3CCN(C(=O)OCCO)CC3)cn2c1N(C)c1nc(-c2ccc(F)cc2)cs1. The molecule has 4 heterocycles. The van der Waals surface area contributed by atoms with E-state index in [0.29, 0.717) is 26.2 Å². The second-order valence-electron chi connectivity index (χ2n) is 8.74. The third-order valence-corrected chi connectivity index (χ3v) is 7.36. The number of benzene rings is 1. The Kier molecular flexibility index (Phi) is 7.24. The Hall–Kier alpha value is -3.70. The zero-order chi connectivity index (χ0) is 25.9. The van der Waals surface area contributed by atoms with Gasteiger partial charge in [-0.3, -0.25) is 4.40 Å². The number of carbonyl (C=O) groups is 1. The largest absolute Gasteiger partial charge is 0.447 e. The van der Waals surface area contributed by atoms with E-state index in [4.69, 9.17) is 19.8 Å². The van der Waals surface area contributed by atoms with E-state index < -0.39 is 6.09 Å². The number of aryl methyl sites for hydroxylation is 1. The first kappa shape index (κ1) is 25.0. The number of fused-ring (bicyclic) bond motifs is 1. The predicted octanol–water partition coefficient (Wildman–Crippen LogP) is 4.18. The minimum Gasteiger partial charge on any atom is -0.447 e. The van der Waals surface area contributed by atoms with Gasteiger partial charge in [-0.25, -0.2) is 19.2 Å². The molecule has 1 amide bonds. The number of nitrogens with zero attached hydrogens (tertiary/aromatic N) is 6. The Morgan fingerprint density at radius 2 is 1.89 bits per heavy atom. The van der Waals surface area contributed by atoms with Gasteiger partial charge in [-0.15, -0.1) is 11.3 Å². The fourth-order valence-electron chi connectivity index (χ4n) is 4.48. The number of pyridine rings is 1. The van der Waals surface area contributed by atoms with E-state index in [9.17, 15) is 9.18 Å². The normalized spacial score (nSPS) is 13.8. The van der Waals surface area contributed by atoms with Crippen molar-refractivity contribution in [3.05, 3.63) is 59.5 Å². The topological polar surface area (TPSA) is 86.4 Å². The van der Waals surface area contributed by atoms with Gasteiger partial charge >= 0.3 is 6.09 Å². The molecule has 0 spiro atoms. The minimum atomic E-state index is -0.390. The van der Waals surface area contributed by atoms with Crippen molar-refractivity contribution in [2.24, 2.45) is 0 Å². The summed E-state index contributed by atoms with van der Waals surface area (Å²) in [6.07, 6.45) is 2.46. The molecule has 0 saturated carbocycles. The van der Waals surface area contributed by atoms with Crippen LogP contribution < -0.4 is 9.80 Å². The van der Waals surface area contributed by atoms with E-state index in [1.165, 1.54) is 23.5 Å². The maximum absolute atomic E-state index is 13.3. The molecule has 0 atom stereocenters. The molecule has 1 fully saturated rings. The number of aliphatic hydroxyl groups is 1. The molecule has 0 aliphatic carbocycles. The van der Waals surface area contributed by atoms with Crippen LogP contribution in [0.1, 0.15) is 12.6 Å². The van der Waals surface area contributed by atoms with Gasteiger partial charge in [-0.1, -0.05) is 6.92 Å². The van der Waals surface area contributed by atoms with Gasteiger partial charge < -0.3 is 24.5 Å². The van der Waals surface area contributed by atoms with E-state index in [1.54, 1.807) is 17.0 Å². The van der Waals surface area contributed by atoms with Crippen LogP contribution in [0, 0.1) is 5.82 Å². The first-order valence-electron chi connectivity index (χ1n) is 12.2. The second kappa shape index (κ2) is 10.7. The minimum absolute atomic E-state index is 0.0108. The molecular weight excluding hydrogens is 495 g/mol. The van der Waals surface area contributed by atoms with E-state index in [0.717, 1.165) is 45.7 Å². The Morgan fingerprint density at radius 3 is 2.59 bits per heavy atom. The fraction of sp³-hybridized carbons (Fsp3) is 0.346. The lowest BCUT2D eigenvalue weighted by Gasteiger charge is -2.35. The predicted molar refractivity (Wildman–Crippen MR) is 142 cm³/mol. The molecule has 194 valence electrons. The molecule has 1 aromatic carbocycles. The number of aromatic nitrogens is 3. The van der Waals surface area contributed by atoms with Crippen molar-refractivity contribution in [3.8, 4) is 11.3 Å². The Morgan fingerprint density at radius 1 is 1.14 bits per heavy atom. The molecule has 1 aliphatic heterocycles. The lowest BCUT2D eigenvalue weighted by Crippen LogP contribution is -2.49. The van der Waals surface area contributed by atoms with Gasteiger partial charge in [0.05, 0.1) is 23.7 Å². The number of ether oxygens (including phenoxy) is 1. The van der Waals surface area contributed by atoms with Crippen molar-refractivity contribution in [1.29, 1.82) is 0 Å². The number of rotatable bonds is 7. The summed E-state index contributed by atoms with van der Waals surface area (Å²) in [5.74, 6) is 0.680. The van der Waals surface area contributed by atoms with Gasteiger partial charge in [0.15, 0.2) is 5.13 Å². The van der Waals surface area contributed by atoms with Crippen LogP contribution in [-0.2, 0) is 11.2 Å². The zero-order valence-corrected chi connectivity index (χ0v) is 21.6. The monoisotopic (exact) mass is 524 g/mol. The average Bonchev–Trinajstić information content (AvgIpc) is 3.57. The summed E-state index contributed by atoms with van der Waals surface area (Å²) in [5, 5.41) is 11.7. The molecule has 4 aromatic rings. The van der Waals surface area contributed by atoms with Gasteiger partial charge in [0.2, 0.25) is 0 Å². The summed E-state index contributed by atoms with van der Waals surface area (Å²) in [6, 6.07) is 10.4. The van der Waals surface area contributed by atoms with Crippen LogP contribution in [0.3, 0.4) is 0 Å². The van der Waals surface area contributed by atoms with Crippen LogP contribution in [0.25, 0.3) is 16.9 Å². The van der Waals surface area contributed by atoms with Crippen LogP contribution >= 0.6 is 11.3 Å². The van der Waals surface area contributed by atoms with Crippen LogP contribution in [0.15, 0.2) is 48.0 Å². The van der Waals surface area contributed by atoms with Crippen molar-refractivity contribution in [1.82, 2.24) is 19.3 Å². The number of hydrogen-bond acceptors (Lipinski definition) is 8. The smallest absolute Gasteiger partial charge is 0.409 e. The van der Waals surface area contributed by atoms with E-state index >= 15 is 0 Å². The van der Waals surface area contributed by atoms with Crippen molar-refractivity contribution in [2.45, 2.75) is 13.3 Å². The molecule has 5 rings (SSSR count). The van der Waals surface area contributed by atoms with Gasteiger partial charge in [0, 0.05) is 50.4 Å². The summed E-state index contributed by atoms with van der Waals surface area (Å²) < 4.78 is 20.5. The standard InChI is InChI=1S/C26H29FN6O3S/c1-3-21-24(30(2)25-29-22(17-37-25)18-4-6-19(27)7-5-18)33-16-20(8-9-23(33)28-21)31-10-12-32(13-11-31)26(35)36-15-14-34/h4-9,16-17,34H,3,10-15H2,1-2H3. The van der Waals surface area contributed by atoms with Crippen LogP contribution in [0.4, 0.5) is 25.8 Å². The summed E-state index contributed by atoms with van der Waals surface area (Å²) in [5.41, 5.74) is 4.53. The van der Waals surface area contributed by atoms with E-state index in [-0.39, 0.29) is 19.0 Å². The summed E-state index contributed by atoms with van der Waals surface area (Å²) in [7, 11) is 1.99. The van der Waals surface area contributed by atoms with Crippen molar-refractivity contribution < 1.29 is 19.0 Å². The molecule has 37 heavy (non-hydrogen) atoms. The van der Waals surface area contributed by atoms with Crippen molar-refractivity contribution in [3.63, 3.8) is 0 Å². The Bertz CT molecular complexity index is 1380. The number of imidazole rings is 1. The summed E-state index contributed by atoms with van der Waals surface area (Å²) >= 11 is 1.53. The molecule has 11 heteroatoms. The van der Waals surface area contributed by atoms with Gasteiger partial charge in [0.25, 0.3) is 0 Å². The van der Waals surface area contributed by atoms with Crippen LogP contribution in [0.5, 0.6) is 0 Å². The second-order valence-corrected chi connectivity index (χ2v) is 9.58. The highest BCUT2D eigenvalue weighted by Gasteiger charge is 2.24. The van der Waals surface area contributed by atoms with Crippen molar-refractivity contribution >= 4 is 39.7 Å². The third-order valence-electron chi connectivity index (χ3n) is 6.44. The average molecular weight is 525 g/mol. The highest BCUT2D eigenvalue weighted by Crippen LogP contribution is 2.34. The number of hydrogen-bond donors (Lipinski definition) is 1. The molecular formula is C26H29FN6O3S. The van der Waals surface area contributed by atoms with Gasteiger partial charge in [-0.2, -0.15) is 0 Å². The number of amides is 1. The highest BCUT2D eigenvalue weighted by atomic mass is 32.1. The first-order valence-corrected chi connectivity index (χ1v) is 13.1. The molecule has 1 saturated heterocycles. The number of anilines is 3. The summed E-state index contributed by atoms with van der Waals surface area (Å²) in [6.45, 7) is 4.36. The Balaban J connectivity index is 1.39. The molecule has 1 N–H and O–H groups in total. The summed E-state index contributed by atoms with van der Waals surface area (Å²) in [4.78, 5) is 27.7. The maximum atomic E-state index is 13.3. The molecule has 9 nitrogen and oxygen atoms in total. The number of carbonyl (C=O) groups excluding carboxylic acids is 1. The Labute approximate surface area is 218 Å². The molecule has 0 radical (unpaired) electrons.